The van der Waals surface area contributed by atoms with E-state index in [4.69, 9.17) is 5.73 Å². The van der Waals surface area contributed by atoms with E-state index in [1.54, 1.807) is 30.0 Å². The van der Waals surface area contributed by atoms with Gasteiger partial charge in [0.15, 0.2) is 0 Å². The summed E-state index contributed by atoms with van der Waals surface area (Å²) in [7, 11) is 3.54. The first-order valence-corrected chi connectivity index (χ1v) is 7.22. The maximum absolute atomic E-state index is 12.3. The van der Waals surface area contributed by atoms with E-state index in [2.05, 4.69) is 0 Å². The van der Waals surface area contributed by atoms with Gasteiger partial charge in [-0.15, -0.1) is 11.3 Å². The molecule has 2 heterocycles. The molecule has 19 heavy (non-hydrogen) atoms. The summed E-state index contributed by atoms with van der Waals surface area (Å²) < 4.78 is 0. The van der Waals surface area contributed by atoms with Gasteiger partial charge in [0.1, 0.15) is 4.88 Å². The fourth-order valence-electron chi connectivity index (χ4n) is 2.33. The van der Waals surface area contributed by atoms with Crippen LogP contribution in [0.1, 0.15) is 22.5 Å². The SMILES string of the molecule is CN(C)C(=O)C1CCN(C(=O)c2sccc2N)CC1. The largest absolute Gasteiger partial charge is 0.397 e. The van der Waals surface area contributed by atoms with Gasteiger partial charge >= 0.3 is 0 Å². The van der Waals surface area contributed by atoms with Crippen LogP contribution in [-0.4, -0.2) is 48.8 Å². The van der Waals surface area contributed by atoms with Gasteiger partial charge in [0.05, 0.1) is 5.69 Å². The smallest absolute Gasteiger partial charge is 0.266 e. The van der Waals surface area contributed by atoms with Gasteiger partial charge in [-0.2, -0.15) is 0 Å². The predicted molar refractivity (Wildman–Crippen MR) is 76.1 cm³/mol. The van der Waals surface area contributed by atoms with Crippen LogP contribution >= 0.6 is 11.3 Å². The molecule has 1 aliphatic heterocycles. The quantitative estimate of drug-likeness (QED) is 0.887. The summed E-state index contributed by atoms with van der Waals surface area (Å²) in [6, 6.07) is 1.75. The Balaban J connectivity index is 1.95. The maximum Gasteiger partial charge on any atom is 0.266 e. The van der Waals surface area contributed by atoms with Crippen LogP contribution in [0.5, 0.6) is 0 Å². The Kier molecular flexibility index (Phi) is 4.09. The third-order valence-electron chi connectivity index (χ3n) is 3.46. The van der Waals surface area contributed by atoms with Gasteiger partial charge in [0.2, 0.25) is 5.91 Å². The molecule has 0 spiro atoms. The third-order valence-corrected chi connectivity index (χ3v) is 4.38. The van der Waals surface area contributed by atoms with Crippen molar-refractivity contribution in [1.82, 2.24) is 9.80 Å². The van der Waals surface area contributed by atoms with E-state index < -0.39 is 0 Å². The third kappa shape index (κ3) is 2.89. The Bertz CT molecular complexity index is 476. The minimum atomic E-state index is -0.0109. The highest BCUT2D eigenvalue weighted by Crippen LogP contribution is 2.25. The maximum atomic E-state index is 12.3. The van der Waals surface area contributed by atoms with Crippen molar-refractivity contribution in [1.29, 1.82) is 0 Å². The number of hydrogen-bond donors (Lipinski definition) is 1. The van der Waals surface area contributed by atoms with Gasteiger partial charge in [-0.05, 0) is 24.3 Å². The lowest BCUT2D eigenvalue weighted by Crippen LogP contribution is -2.42. The van der Waals surface area contributed by atoms with Crippen molar-refractivity contribution in [3.63, 3.8) is 0 Å². The zero-order chi connectivity index (χ0) is 14.0. The highest BCUT2D eigenvalue weighted by Gasteiger charge is 2.29. The molecule has 1 aromatic heterocycles. The summed E-state index contributed by atoms with van der Waals surface area (Å²) in [4.78, 5) is 28.1. The van der Waals surface area contributed by atoms with Crippen molar-refractivity contribution in [3.8, 4) is 0 Å². The van der Waals surface area contributed by atoms with Crippen molar-refractivity contribution in [2.24, 2.45) is 5.92 Å². The highest BCUT2D eigenvalue weighted by molar-refractivity contribution is 7.12. The first kappa shape index (κ1) is 13.9. The van der Waals surface area contributed by atoms with Crippen LogP contribution in [-0.2, 0) is 4.79 Å². The van der Waals surface area contributed by atoms with E-state index in [0.29, 0.717) is 23.7 Å². The lowest BCUT2D eigenvalue weighted by molar-refractivity contribution is -0.134. The van der Waals surface area contributed by atoms with Crippen molar-refractivity contribution in [3.05, 3.63) is 16.3 Å². The molecule has 2 N–H and O–H groups in total. The molecule has 1 saturated heterocycles. The Morgan fingerprint density at radius 1 is 1.37 bits per heavy atom. The number of piperidine rings is 1. The summed E-state index contributed by atoms with van der Waals surface area (Å²) in [5.74, 6) is 0.186. The van der Waals surface area contributed by atoms with Crippen molar-refractivity contribution >= 4 is 28.8 Å². The molecule has 104 valence electrons. The molecule has 0 bridgehead atoms. The standard InChI is InChI=1S/C13H19N3O2S/c1-15(2)12(17)9-3-6-16(7-4-9)13(18)11-10(14)5-8-19-11/h5,8-9H,3-4,6-7,14H2,1-2H3. The zero-order valence-corrected chi connectivity index (χ0v) is 12.1. The molecule has 2 rings (SSSR count). The Morgan fingerprint density at radius 3 is 2.47 bits per heavy atom. The molecule has 0 unspecified atom stereocenters. The van der Waals surface area contributed by atoms with Gasteiger partial charge in [-0.3, -0.25) is 9.59 Å². The van der Waals surface area contributed by atoms with Crippen LogP contribution in [0.25, 0.3) is 0 Å². The predicted octanol–water partition coefficient (Wildman–Crippen LogP) is 1.27. The second-order valence-electron chi connectivity index (χ2n) is 5.00. The Hall–Kier alpha value is -1.56. The minimum absolute atomic E-state index is 0.0109. The number of nitrogens with two attached hydrogens (primary N) is 1. The molecule has 1 aliphatic rings. The number of nitrogens with zero attached hydrogens (tertiary/aromatic N) is 2. The van der Waals surface area contributed by atoms with E-state index in [-0.39, 0.29) is 17.7 Å². The number of hydrogen-bond acceptors (Lipinski definition) is 4. The van der Waals surface area contributed by atoms with Crippen molar-refractivity contribution in [2.45, 2.75) is 12.8 Å². The summed E-state index contributed by atoms with van der Waals surface area (Å²) in [6.07, 6.45) is 1.46. The summed E-state index contributed by atoms with van der Waals surface area (Å²) in [5.41, 5.74) is 6.31. The van der Waals surface area contributed by atoms with E-state index in [9.17, 15) is 9.59 Å². The Labute approximate surface area is 117 Å². The average molecular weight is 281 g/mol. The monoisotopic (exact) mass is 281 g/mol. The molecule has 0 atom stereocenters. The van der Waals surface area contributed by atoms with Crippen LogP contribution in [0, 0.1) is 5.92 Å². The van der Waals surface area contributed by atoms with E-state index in [1.807, 2.05) is 5.38 Å². The normalized spacial score (nSPS) is 16.4. The fraction of sp³-hybridized carbons (Fsp3) is 0.538. The van der Waals surface area contributed by atoms with Gasteiger partial charge in [0.25, 0.3) is 5.91 Å². The number of rotatable bonds is 2. The lowest BCUT2D eigenvalue weighted by atomic mass is 9.95. The first-order valence-electron chi connectivity index (χ1n) is 6.34. The summed E-state index contributed by atoms with van der Waals surface area (Å²) in [6.45, 7) is 1.25. The minimum Gasteiger partial charge on any atom is -0.397 e. The lowest BCUT2D eigenvalue weighted by Gasteiger charge is -2.32. The van der Waals surface area contributed by atoms with Crippen LogP contribution in [0.4, 0.5) is 5.69 Å². The van der Waals surface area contributed by atoms with Crippen molar-refractivity contribution < 1.29 is 9.59 Å². The van der Waals surface area contributed by atoms with E-state index in [0.717, 1.165) is 12.8 Å². The molecule has 0 saturated carbocycles. The zero-order valence-electron chi connectivity index (χ0n) is 11.3. The number of nitrogen functional groups attached to an aromatic ring is 1. The van der Waals surface area contributed by atoms with E-state index in [1.165, 1.54) is 11.3 Å². The van der Waals surface area contributed by atoms with Crippen molar-refractivity contribution in [2.75, 3.05) is 32.9 Å². The molecule has 0 aromatic carbocycles. The van der Waals surface area contributed by atoms with Crippen LogP contribution < -0.4 is 5.73 Å². The number of amides is 2. The molecule has 5 nitrogen and oxygen atoms in total. The van der Waals surface area contributed by atoms with Crippen LogP contribution in [0.2, 0.25) is 0 Å². The molecular weight excluding hydrogens is 262 g/mol. The molecule has 2 amide bonds. The van der Waals surface area contributed by atoms with Gasteiger partial charge in [-0.25, -0.2) is 0 Å². The highest BCUT2D eigenvalue weighted by atomic mass is 32.1. The number of anilines is 1. The number of thiophene rings is 1. The molecule has 0 aliphatic carbocycles. The molecular formula is C13H19N3O2S. The van der Waals surface area contributed by atoms with Crippen LogP contribution in [0.3, 0.4) is 0 Å². The first-order chi connectivity index (χ1) is 9.00. The second-order valence-corrected chi connectivity index (χ2v) is 5.92. The average Bonchev–Trinajstić information content (AvgIpc) is 2.83. The fourth-order valence-corrected chi connectivity index (χ4v) is 3.12. The van der Waals surface area contributed by atoms with Gasteiger partial charge < -0.3 is 15.5 Å². The van der Waals surface area contributed by atoms with Gasteiger partial charge in [0, 0.05) is 33.1 Å². The van der Waals surface area contributed by atoms with Gasteiger partial charge in [-0.1, -0.05) is 0 Å². The second kappa shape index (κ2) is 5.61. The Morgan fingerprint density at radius 2 is 2.00 bits per heavy atom. The molecule has 0 radical (unpaired) electrons. The molecule has 1 fully saturated rings. The number of carbonyl (C=O) groups excluding carboxylic acids is 2. The van der Waals surface area contributed by atoms with Crippen LogP contribution in [0.15, 0.2) is 11.4 Å². The molecule has 6 heteroatoms. The summed E-state index contributed by atoms with van der Waals surface area (Å²) >= 11 is 1.37. The summed E-state index contributed by atoms with van der Waals surface area (Å²) in [5, 5.41) is 1.82. The topological polar surface area (TPSA) is 66.6 Å². The molecule has 1 aromatic rings. The van der Waals surface area contributed by atoms with E-state index >= 15 is 0 Å². The number of carbonyl (C=O) groups is 2. The number of likely N-dealkylation sites (tertiary alicyclic amines) is 1.